The molecule has 1 aromatic rings. The predicted molar refractivity (Wildman–Crippen MR) is 50.0 cm³/mol. The summed E-state index contributed by atoms with van der Waals surface area (Å²) in [4.78, 5) is 4.03. The number of ether oxygens (including phenoxy) is 2. The van der Waals surface area contributed by atoms with Crippen LogP contribution in [0.2, 0.25) is 0 Å². The summed E-state index contributed by atoms with van der Waals surface area (Å²) in [5.74, 6) is 1.33. The number of nitrogens with two attached hydrogens (primary N) is 1. The molecular weight excluding hydrogens is 168 g/mol. The zero-order valence-corrected chi connectivity index (χ0v) is 7.69. The van der Waals surface area contributed by atoms with E-state index in [1.54, 1.807) is 19.4 Å². The maximum absolute atomic E-state index is 5.32. The summed E-state index contributed by atoms with van der Waals surface area (Å²) in [5.41, 5.74) is 5.32. The Labute approximate surface area is 77.7 Å². The van der Waals surface area contributed by atoms with Gasteiger partial charge in [0.05, 0.1) is 19.9 Å². The van der Waals surface area contributed by atoms with Crippen molar-refractivity contribution in [3.05, 3.63) is 18.3 Å². The fraction of sp³-hybridized carbons (Fsp3) is 0.444. The van der Waals surface area contributed by atoms with E-state index in [4.69, 9.17) is 15.2 Å². The molecule has 4 nitrogen and oxygen atoms in total. The zero-order valence-electron chi connectivity index (χ0n) is 7.69. The lowest BCUT2D eigenvalue weighted by molar-refractivity contribution is 0.300. The summed E-state index contributed by atoms with van der Waals surface area (Å²) in [6, 6.07) is 3.58. The minimum atomic E-state index is 0.606. The van der Waals surface area contributed by atoms with Crippen molar-refractivity contribution in [2.45, 2.75) is 6.42 Å². The third-order valence-electron chi connectivity index (χ3n) is 1.54. The smallest absolute Gasteiger partial charge is 0.213 e. The van der Waals surface area contributed by atoms with Crippen LogP contribution in [0.3, 0.4) is 0 Å². The van der Waals surface area contributed by atoms with Gasteiger partial charge in [-0.2, -0.15) is 0 Å². The van der Waals surface area contributed by atoms with Crippen molar-refractivity contribution in [2.24, 2.45) is 5.73 Å². The molecule has 0 aromatic carbocycles. The first-order valence-corrected chi connectivity index (χ1v) is 4.19. The molecule has 72 valence electrons. The van der Waals surface area contributed by atoms with Crippen LogP contribution in [-0.4, -0.2) is 25.2 Å². The van der Waals surface area contributed by atoms with Crippen LogP contribution in [0, 0.1) is 0 Å². The molecule has 1 rings (SSSR count). The van der Waals surface area contributed by atoms with Crippen LogP contribution < -0.4 is 15.2 Å². The normalized spacial score (nSPS) is 9.69. The molecule has 0 radical (unpaired) electrons. The average molecular weight is 182 g/mol. The number of aromatic nitrogens is 1. The molecule has 4 heteroatoms. The summed E-state index contributed by atoms with van der Waals surface area (Å²) in [5, 5.41) is 0. The molecule has 0 aliphatic carbocycles. The summed E-state index contributed by atoms with van der Waals surface area (Å²) in [6.45, 7) is 1.24. The lowest BCUT2D eigenvalue weighted by Gasteiger charge is -2.04. The molecule has 0 amide bonds. The number of methoxy groups -OCH3 is 1. The van der Waals surface area contributed by atoms with Gasteiger partial charge in [-0.1, -0.05) is 0 Å². The van der Waals surface area contributed by atoms with Gasteiger partial charge in [-0.05, 0) is 19.0 Å². The van der Waals surface area contributed by atoms with Gasteiger partial charge in [0.25, 0.3) is 0 Å². The number of rotatable bonds is 5. The van der Waals surface area contributed by atoms with E-state index in [1.807, 2.05) is 6.07 Å². The van der Waals surface area contributed by atoms with Gasteiger partial charge in [0.2, 0.25) is 5.88 Å². The third kappa shape index (κ3) is 3.29. The Bertz CT molecular complexity index is 236. The quantitative estimate of drug-likeness (QED) is 0.685. The standard InChI is InChI=1S/C9H14N2O2/c1-12-8-3-4-9(11-7-8)13-6-2-5-10/h3-4,7H,2,5-6,10H2,1H3. The first kappa shape index (κ1) is 9.80. The highest BCUT2D eigenvalue weighted by atomic mass is 16.5. The van der Waals surface area contributed by atoms with Crippen molar-refractivity contribution in [3.63, 3.8) is 0 Å². The molecule has 0 saturated carbocycles. The first-order chi connectivity index (χ1) is 6.36. The highest BCUT2D eigenvalue weighted by Gasteiger charge is 1.95. The molecule has 0 unspecified atom stereocenters. The van der Waals surface area contributed by atoms with E-state index in [0.29, 0.717) is 19.0 Å². The second kappa shape index (κ2) is 5.37. The number of hydrogen-bond donors (Lipinski definition) is 1. The maximum Gasteiger partial charge on any atom is 0.213 e. The topological polar surface area (TPSA) is 57.4 Å². The Morgan fingerprint density at radius 1 is 1.46 bits per heavy atom. The van der Waals surface area contributed by atoms with Crippen LogP contribution in [0.1, 0.15) is 6.42 Å². The first-order valence-electron chi connectivity index (χ1n) is 4.19. The van der Waals surface area contributed by atoms with E-state index in [0.717, 1.165) is 12.2 Å². The lowest BCUT2D eigenvalue weighted by atomic mass is 10.4. The summed E-state index contributed by atoms with van der Waals surface area (Å²) < 4.78 is 10.3. The van der Waals surface area contributed by atoms with Gasteiger partial charge in [0, 0.05) is 6.07 Å². The van der Waals surface area contributed by atoms with Crippen molar-refractivity contribution in [1.29, 1.82) is 0 Å². The lowest BCUT2D eigenvalue weighted by Crippen LogP contribution is -2.06. The highest BCUT2D eigenvalue weighted by Crippen LogP contribution is 2.12. The second-order valence-electron chi connectivity index (χ2n) is 2.53. The van der Waals surface area contributed by atoms with Gasteiger partial charge in [-0.3, -0.25) is 0 Å². The fourth-order valence-electron chi connectivity index (χ4n) is 0.833. The Kier molecular flexibility index (Phi) is 4.05. The molecule has 0 spiro atoms. The molecular formula is C9H14N2O2. The van der Waals surface area contributed by atoms with Crippen molar-refractivity contribution in [1.82, 2.24) is 4.98 Å². The van der Waals surface area contributed by atoms with Gasteiger partial charge in [-0.15, -0.1) is 0 Å². The summed E-state index contributed by atoms with van der Waals surface area (Å²) in [7, 11) is 1.60. The highest BCUT2D eigenvalue weighted by molar-refractivity contribution is 5.22. The Morgan fingerprint density at radius 2 is 2.31 bits per heavy atom. The van der Waals surface area contributed by atoms with E-state index in [9.17, 15) is 0 Å². The molecule has 0 saturated heterocycles. The zero-order chi connectivity index (χ0) is 9.52. The molecule has 0 aliphatic rings. The summed E-state index contributed by atoms with van der Waals surface area (Å²) in [6.07, 6.45) is 2.46. The molecule has 0 bridgehead atoms. The Morgan fingerprint density at radius 3 is 2.85 bits per heavy atom. The molecule has 1 heterocycles. The Hall–Kier alpha value is -1.29. The molecule has 2 N–H and O–H groups in total. The predicted octanol–water partition coefficient (Wildman–Crippen LogP) is 0.818. The molecule has 1 aromatic heterocycles. The van der Waals surface area contributed by atoms with Crippen molar-refractivity contribution in [3.8, 4) is 11.6 Å². The number of nitrogens with zero attached hydrogens (tertiary/aromatic N) is 1. The largest absolute Gasteiger partial charge is 0.495 e. The van der Waals surface area contributed by atoms with Crippen LogP contribution in [0.4, 0.5) is 0 Å². The minimum Gasteiger partial charge on any atom is -0.495 e. The maximum atomic E-state index is 5.32. The van der Waals surface area contributed by atoms with Gasteiger partial charge in [0.1, 0.15) is 5.75 Å². The van der Waals surface area contributed by atoms with E-state index < -0.39 is 0 Å². The van der Waals surface area contributed by atoms with Crippen molar-refractivity contribution in [2.75, 3.05) is 20.3 Å². The van der Waals surface area contributed by atoms with Gasteiger partial charge < -0.3 is 15.2 Å². The van der Waals surface area contributed by atoms with Crippen LogP contribution >= 0.6 is 0 Å². The molecule has 13 heavy (non-hydrogen) atoms. The van der Waals surface area contributed by atoms with Gasteiger partial charge in [-0.25, -0.2) is 4.98 Å². The van der Waals surface area contributed by atoms with Gasteiger partial charge >= 0.3 is 0 Å². The van der Waals surface area contributed by atoms with E-state index >= 15 is 0 Å². The Balaban J connectivity index is 2.40. The minimum absolute atomic E-state index is 0.606. The van der Waals surface area contributed by atoms with E-state index in [1.165, 1.54) is 0 Å². The third-order valence-corrected chi connectivity index (χ3v) is 1.54. The SMILES string of the molecule is COc1ccc(OCCCN)nc1. The van der Waals surface area contributed by atoms with Crippen LogP contribution in [0.15, 0.2) is 18.3 Å². The van der Waals surface area contributed by atoms with Crippen molar-refractivity contribution < 1.29 is 9.47 Å². The van der Waals surface area contributed by atoms with Crippen LogP contribution in [0.25, 0.3) is 0 Å². The second-order valence-corrected chi connectivity index (χ2v) is 2.53. The van der Waals surface area contributed by atoms with E-state index in [2.05, 4.69) is 4.98 Å². The molecule has 0 fully saturated rings. The van der Waals surface area contributed by atoms with Crippen molar-refractivity contribution >= 4 is 0 Å². The van der Waals surface area contributed by atoms with E-state index in [-0.39, 0.29) is 0 Å². The average Bonchev–Trinajstić information content (AvgIpc) is 2.19. The van der Waals surface area contributed by atoms with Gasteiger partial charge in [0.15, 0.2) is 0 Å². The van der Waals surface area contributed by atoms with Crippen LogP contribution in [-0.2, 0) is 0 Å². The van der Waals surface area contributed by atoms with Crippen LogP contribution in [0.5, 0.6) is 11.6 Å². The number of hydrogen-bond acceptors (Lipinski definition) is 4. The molecule has 0 aliphatic heterocycles. The summed E-state index contributed by atoms with van der Waals surface area (Å²) >= 11 is 0. The number of pyridine rings is 1. The fourth-order valence-corrected chi connectivity index (χ4v) is 0.833. The monoisotopic (exact) mass is 182 g/mol. The molecule has 0 atom stereocenters.